The second-order valence-electron chi connectivity index (χ2n) is 9.18. The van der Waals surface area contributed by atoms with Crippen LogP contribution in [0.15, 0.2) is 11.6 Å². The lowest BCUT2D eigenvalue weighted by Gasteiger charge is -2.57. The van der Waals surface area contributed by atoms with Gasteiger partial charge >= 0.3 is 0 Å². The van der Waals surface area contributed by atoms with Crippen molar-refractivity contribution in [3.05, 3.63) is 11.6 Å². The third kappa shape index (κ3) is 1.99. The molecule has 2 nitrogen and oxygen atoms in total. The molecule has 0 spiro atoms. The molecule has 0 radical (unpaired) electrons. The summed E-state index contributed by atoms with van der Waals surface area (Å²) in [5, 5.41) is 10.0. The Labute approximate surface area is 134 Å². The van der Waals surface area contributed by atoms with Crippen LogP contribution in [0.25, 0.3) is 0 Å². The molecule has 0 saturated heterocycles. The minimum atomic E-state index is -0.115. The minimum absolute atomic E-state index is 0.115. The van der Waals surface area contributed by atoms with Crippen LogP contribution in [0, 0.1) is 34.5 Å². The third-order valence-corrected chi connectivity index (χ3v) is 8.07. The lowest BCUT2D eigenvalue weighted by atomic mass is 9.48. The van der Waals surface area contributed by atoms with Crippen LogP contribution >= 0.6 is 0 Å². The number of aliphatic hydroxyl groups is 1. The summed E-state index contributed by atoms with van der Waals surface area (Å²) in [7, 11) is 0. The van der Waals surface area contributed by atoms with Crippen molar-refractivity contribution in [2.75, 3.05) is 0 Å². The molecule has 4 aliphatic rings. The Morgan fingerprint density at radius 3 is 2.82 bits per heavy atom. The summed E-state index contributed by atoms with van der Waals surface area (Å²) in [6, 6.07) is 0. The summed E-state index contributed by atoms with van der Waals surface area (Å²) in [5.41, 5.74) is 2.27. The molecule has 0 aromatic carbocycles. The smallest absolute Gasteiger partial charge is 0.123 e. The van der Waals surface area contributed by atoms with E-state index >= 15 is 0 Å². The van der Waals surface area contributed by atoms with Gasteiger partial charge in [0.05, 0.1) is 6.10 Å². The summed E-state index contributed by atoms with van der Waals surface area (Å²) >= 11 is 0. The zero-order valence-corrected chi connectivity index (χ0v) is 14.1. The predicted octanol–water partition coefficient (Wildman–Crippen LogP) is 4.13. The van der Waals surface area contributed by atoms with E-state index < -0.39 is 0 Å². The summed E-state index contributed by atoms with van der Waals surface area (Å²) in [5.74, 6) is 2.60. The number of carbonyl (C=O) groups is 1. The first-order valence-electron chi connectivity index (χ1n) is 9.29. The van der Waals surface area contributed by atoms with Crippen molar-refractivity contribution in [2.24, 2.45) is 34.5 Å². The van der Waals surface area contributed by atoms with Gasteiger partial charge in [0.1, 0.15) is 6.29 Å². The lowest BCUT2D eigenvalue weighted by molar-refractivity contribution is -0.111. The third-order valence-electron chi connectivity index (χ3n) is 8.07. The number of allylic oxidation sites excluding steroid dienone is 1. The monoisotopic (exact) mass is 302 g/mol. The molecule has 1 N–H and O–H groups in total. The summed E-state index contributed by atoms with van der Waals surface area (Å²) in [6.07, 6.45) is 12.7. The summed E-state index contributed by atoms with van der Waals surface area (Å²) in [4.78, 5) is 11.3. The Kier molecular flexibility index (Phi) is 3.35. The van der Waals surface area contributed by atoms with E-state index in [0.717, 1.165) is 49.9 Å². The van der Waals surface area contributed by atoms with Gasteiger partial charge in [-0.1, -0.05) is 25.5 Å². The molecular weight excluding hydrogens is 272 g/mol. The predicted molar refractivity (Wildman–Crippen MR) is 87.3 cm³/mol. The van der Waals surface area contributed by atoms with Gasteiger partial charge in [0, 0.05) is 5.92 Å². The minimum Gasteiger partial charge on any atom is -0.393 e. The first-order chi connectivity index (χ1) is 10.5. The highest BCUT2D eigenvalue weighted by Gasteiger charge is 2.57. The van der Waals surface area contributed by atoms with Crippen molar-refractivity contribution >= 4 is 6.29 Å². The molecule has 0 aromatic rings. The Bertz CT molecular complexity index is 510. The van der Waals surface area contributed by atoms with Gasteiger partial charge in [-0.05, 0) is 80.0 Å². The van der Waals surface area contributed by atoms with Crippen LogP contribution in [0.3, 0.4) is 0 Å². The molecule has 122 valence electrons. The van der Waals surface area contributed by atoms with Crippen molar-refractivity contribution < 1.29 is 9.90 Å². The Morgan fingerprint density at radius 1 is 1.23 bits per heavy atom. The number of aldehydes is 1. The molecule has 3 fully saturated rings. The largest absolute Gasteiger partial charge is 0.393 e. The molecule has 0 amide bonds. The summed E-state index contributed by atoms with van der Waals surface area (Å²) < 4.78 is 0. The Morgan fingerprint density at radius 2 is 2.05 bits per heavy atom. The molecule has 2 heteroatoms. The van der Waals surface area contributed by atoms with Crippen LogP contribution in [-0.4, -0.2) is 17.5 Å². The standard InChI is InChI=1S/C20H30O2/c1-19-7-6-17-16(18(19)9-13(11-19)12-21)4-3-14-10-15(22)5-8-20(14,17)2/h3,12-13,15-18,22H,4-11H2,1-2H3/t13?,15?,16-,17+,18+,19-,20+/m1/s1. The molecule has 0 aromatic heterocycles. The van der Waals surface area contributed by atoms with Crippen molar-refractivity contribution in [1.29, 1.82) is 0 Å². The number of aliphatic hydroxyl groups excluding tert-OH is 1. The second-order valence-corrected chi connectivity index (χ2v) is 9.18. The second kappa shape index (κ2) is 4.93. The SMILES string of the molecule is C[C@]12CC[C@H]3[C@@H](CC=C4CC(O)CC[C@@]43C)[C@@H]1CC(C=O)C2. The van der Waals surface area contributed by atoms with Gasteiger partial charge in [0.15, 0.2) is 0 Å². The number of carbonyl (C=O) groups excluding carboxylic acids is 1. The van der Waals surface area contributed by atoms with Crippen LogP contribution < -0.4 is 0 Å². The highest BCUT2D eigenvalue weighted by molar-refractivity contribution is 5.54. The molecule has 7 atom stereocenters. The van der Waals surface area contributed by atoms with E-state index in [1.54, 1.807) is 5.57 Å². The number of hydrogen-bond acceptors (Lipinski definition) is 2. The molecule has 4 rings (SSSR count). The average Bonchev–Trinajstić information content (AvgIpc) is 2.85. The van der Waals surface area contributed by atoms with Gasteiger partial charge in [-0.25, -0.2) is 0 Å². The van der Waals surface area contributed by atoms with Gasteiger partial charge in [-0.15, -0.1) is 0 Å². The average molecular weight is 302 g/mol. The zero-order valence-electron chi connectivity index (χ0n) is 14.1. The van der Waals surface area contributed by atoms with Crippen molar-refractivity contribution in [2.45, 2.75) is 71.3 Å². The van der Waals surface area contributed by atoms with E-state index in [-0.39, 0.29) is 6.10 Å². The van der Waals surface area contributed by atoms with E-state index in [0.29, 0.717) is 16.7 Å². The van der Waals surface area contributed by atoms with E-state index in [9.17, 15) is 9.90 Å². The molecule has 4 aliphatic carbocycles. The fraction of sp³-hybridized carbons (Fsp3) is 0.850. The highest BCUT2D eigenvalue weighted by atomic mass is 16.3. The Hall–Kier alpha value is -0.630. The zero-order chi connectivity index (χ0) is 15.5. The van der Waals surface area contributed by atoms with E-state index in [4.69, 9.17) is 0 Å². The van der Waals surface area contributed by atoms with Gasteiger partial charge in [0.25, 0.3) is 0 Å². The van der Waals surface area contributed by atoms with Gasteiger partial charge in [0.2, 0.25) is 0 Å². The fourth-order valence-corrected chi connectivity index (χ4v) is 6.86. The lowest BCUT2D eigenvalue weighted by Crippen LogP contribution is -2.49. The van der Waals surface area contributed by atoms with Gasteiger partial charge in [-0.2, -0.15) is 0 Å². The summed E-state index contributed by atoms with van der Waals surface area (Å²) in [6.45, 7) is 4.92. The first-order valence-corrected chi connectivity index (χ1v) is 9.29. The van der Waals surface area contributed by atoms with Crippen molar-refractivity contribution in [3.8, 4) is 0 Å². The molecule has 22 heavy (non-hydrogen) atoms. The van der Waals surface area contributed by atoms with E-state index in [1.807, 2.05) is 0 Å². The van der Waals surface area contributed by atoms with Crippen molar-refractivity contribution in [1.82, 2.24) is 0 Å². The van der Waals surface area contributed by atoms with Crippen LogP contribution in [0.5, 0.6) is 0 Å². The van der Waals surface area contributed by atoms with Gasteiger partial charge in [-0.3, -0.25) is 0 Å². The fourth-order valence-electron chi connectivity index (χ4n) is 6.86. The number of rotatable bonds is 1. The number of hydrogen-bond donors (Lipinski definition) is 1. The first kappa shape index (κ1) is 14.9. The molecule has 0 aliphatic heterocycles. The maximum absolute atomic E-state index is 11.3. The van der Waals surface area contributed by atoms with Gasteiger partial charge < -0.3 is 9.90 Å². The normalized spacial score (nSPS) is 54.0. The van der Waals surface area contributed by atoms with E-state index in [1.165, 1.54) is 25.5 Å². The van der Waals surface area contributed by atoms with E-state index in [2.05, 4.69) is 19.9 Å². The van der Waals surface area contributed by atoms with Crippen LogP contribution in [0.1, 0.15) is 65.2 Å². The molecule has 0 bridgehead atoms. The maximum atomic E-state index is 11.3. The van der Waals surface area contributed by atoms with Crippen LogP contribution in [-0.2, 0) is 4.79 Å². The maximum Gasteiger partial charge on any atom is 0.123 e. The van der Waals surface area contributed by atoms with Crippen LogP contribution in [0.4, 0.5) is 0 Å². The highest BCUT2D eigenvalue weighted by Crippen LogP contribution is 2.65. The van der Waals surface area contributed by atoms with Crippen molar-refractivity contribution in [3.63, 3.8) is 0 Å². The quantitative estimate of drug-likeness (QED) is 0.584. The van der Waals surface area contributed by atoms with Crippen LogP contribution in [0.2, 0.25) is 0 Å². The molecule has 3 saturated carbocycles. The molecular formula is C20H30O2. The Balaban J connectivity index is 1.66. The molecule has 0 heterocycles. The number of fused-ring (bicyclic) bond motifs is 5. The topological polar surface area (TPSA) is 37.3 Å². The molecule has 2 unspecified atom stereocenters.